The lowest BCUT2D eigenvalue weighted by molar-refractivity contribution is -0.111. The minimum absolute atomic E-state index is 0.213. The molecule has 154 valence electrons. The second-order valence-electron chi connectivity index (χ2n) is 6.93. The maximum atomic E-state index is 12.4. The number of ether oxygens (including phenoxy) is 2. The molecule has 0 radical (unpaired) electrons. The van der Waals surface area contributed by atoms with Crippen molar-refractivity contribution in [1.29, 1.82) is 0 Å². The van der Waals surface area contributed by atoms with E-state index in [1.807, 2.05) is 74.5 Å². The predicted octanol–water partition coefficient (Wildman–Crippen LogP) is 6.20. The molecule has 0 spiro atoms. The zero-order valence-corrected chi connectivity index (χ0v) is 18.0. The van der Waals surface area contributed by atoms with Crippen LogP contribution in [0.4, 0.5) is 5.69 Å². The highest BCUT2D eigenvalue weighted by Gasteiger charge is 2.10. The molecule has 0 saturated carbocycles. The molecule has 0 aromatic heterocycles. The van der Waals surface area contributed by atoms with Crippen LogP contribution >= 0.6 is 11.6 Å². The van der Waals surface area contributed by atoms with Crippen molar-refractivity contribution in [2.75, 3.05) is 12.4 Å². The summed E-state index contributed by atoms with van der Waals surface area (Å²) in [6.07, 6.45) is 3.21. The maximum absolute atomic E-state index is 12.4. The third kappa shape index (κ3) is 5.65. The Hall–Kier alpha value is -3.24. The van der Waals surface area contributed by atoms with Gasteiger partial charge in [0.15, 0.2) is 11.5 Å². The summed E-state index contributed by atoms with van der Waals surface area (Å²) in [7, 11) is 1.59. The van der Waals surface area contributed by atoms with Crippen molar-refractivity contribution in [3.05, 3.63) is 94.0 Å². The molecular weight excluding hydrogens is 398 g/mol. The molecule has 0 atom stereocenters. The third-order valence-corrected chi connectivity index (χ3v) is 4.84. The van der Waals surface area contributed by atoms with Crippen LogP contribution < -0.4 is 14.8 Å². The normalized spacial score (nSPS) is 10.8. The number of carbonyl (C=O) groups excluding carboxylic acids is 1. The highest BCUT2D eigenvalue weighted by atomic mass is 35.5. The summed E-state index contributed by atoms with van der Waals surface area (Å²) >= 11 is 5.94. The van der Waals surface area contributed by atoms with Gasteiger partial charge in [-0.2, -0.15) is 0 Å². The van der Waals surface area contributed by atoms with E-state index in [-0.39, 0.29) is 5.91 Å². The van der Waals surface area contributed by atoms with Gasteiger partial charge in [0.1, 0.15) is 6.61 Å². The second-order valence-corrected chi connectivity index (χ2v) is 7.37. The van der Waals surface area contributed by atoms with Crippen molar-refractivity contribution in [3.8, 4) is 11.5 Å². The number of hydrogen-bond donors (Lipinski definition) is 1. The summed E-state index contributed by atoms with van der Waals surface area (Å²) in [4.78, 5) is 12.4. The van der Waals surface area contributed by atoms with Gasteiger partial charge in [-0.3, -0.25) is 4.79 Å². The number of benzene rings is 3. The number of anilines is 1. The Labute approximate surface area is 182 Å². The van der Waals surface area contributed by atoms with E-state index in [4.69, 9.17) is 21.1 Å². The molecule has 5 heteroatoms. The number of amides is 1. The Morgan fingerprint density at radius 1 is 1.07 bits per heavy atom. The third-order valence-electron chi connectivity index (χ3n) is 4.59. The lowest BCUT2D eigenvalue weighted by atomic mass is 10.1. The van der Waals surface area contributed by atoms with Crippen LogP contribution in [0.1, 0.15) is 22.3 Å². The van der Waals surface area contributed by atoms with Gasteiger partial charge in [0.2, 0.25) is 5.91 Å². The standard InChI is InChI=1S/C25H24ClNO3/c1-17-7-8-18(2)22(15-17)27-24(28)14-11-20-5-4-6-23(29-3)25(20)30-16-19-9-12-21(26)13-10-19/h4-15H,16H2,1-3H3,(H,27,28)/b14-11+. The van der Waals surface area contributed by atoms with Crippen molar-refractivity contribution in [2.45, 2.75) is 20.5 Å². The summed E-state index contributed by atoms with van der Waals surface area (Å²) in [6, 6.07) is 19.0. The molecule has 0 bridgehead atoms. The fourth-order valence-electron chi connectivity index (χ4n) is 2.93. The van der Waals surface area contributed by atoms with E-state index in [0.717, 1.165) is 27.9 Å². The average molecular weight is 422 g/mol. The molecule has 0 aliphatic heterocycles. The van der Waals surface area contributed by atoms with Crippen molar-refractivity contribution in [1.82, 2.24) is 0 Å². The van der Waals surface area contributed by atoms with Gasteiger partial charge < -0.3 is 14.8 Å². The first-order valence-electron chi connectivity index (χ1n) is 9.57. The van der Waals surface area contributed by atoms with Crippen LogP contribution in [0.5, 0.6) is 11.5 Å². The molecule has 3 aromatic carbocycles. The lowest BCUT2D eigenvalue weighted by Crippen LogP contribution is -2.09. The number of carbonyl (C=O) groups is 1. The SMILES string of the molecule is COc1cccc(/C=C/C(=O)Nc2cc(C)ccc2C)c1OCc1ccc(Cl)cc1. The summed E-state index contributed by atoms with van der Waals surface area (Å²) in [5.74, 6) is 0.960. The fraction of sp³-hybridized carbons (Fsp3) is 0.160. The molecule has 0 fully saturated rings. The van der Waals surface area contributed by atoms with Gasteiger partial charge in [0, 0.05) is 22.3 Å². The van der Waals surface area contributed by atoms with Gasteiger partial charge in [-0.25, -0.2) is 0 Å². The van der Waals surface area contributed by atoms with E-state index in [1.165, 1.54) is 6.08 Å². The summed E-state index contributed by atoms with van der Waals surface area (Å²) in [5.41, 5.74) is 4.63. The zero-order chi connectivity index (χ0) is 21.5. The van der Waals surface area contributed by atoms with Crippen LogP contribution in [0.15, 0.2) is 66.7 Å². The number of methoxy groups -OCH3 is 1. The van der Waals surface area contributed by atoms with E-state index in [1.54, 1.807) is 13.2 Å². The minimum atomic E-state index is -0.213. The molecule has 0 aliphatic rings. The molecule has 1 N–H and O–H groups in total. The second kappa shape index (κ2) is 9.99. The molecule has 0 aliphatic carbocycles. The maximum Gasteiger partial charge on any atom is 0.248 e. The Bertz CT molecular complexity index is 1060. The van der Waals surface area contributed by atoms with Crippen LogP contribution in [-0.4, -0.2) is 13.0 Å². The van der Waals surface area contributed by atoms with Crippen LogP contribution in [0.2, 0.25) is 5.02 Å². The van der Waals surface area contributed by atoms with Gasteiger partial charge in [-0.15, -0.1) is 0 Å². The highest BCUT2D eigenvalue weighted by molar-refractivity contribution is 6.30. The first-order valence-corrected chi connectivity index (χ1v) is 9.94. The minimum Gasteiger partial charge on any atom is -0.493 e. The smallest absolute Gasteiger partial charge is 0.248 e. The number of rotatable bonds is 7. The molecule has 0 unspecified atom stereocenters. The quantitative estimate of drug-likeness (QED) is 0.462. The van der Waals surface area contributed by atoms with E-state index < -0.39 is 0 Å². The molecule has 1 amide bonds. The van der Waals surface area contributed by atoms with Gasteiger partial charge >= 0.3 is 0 Å². The summed E-state index contributed by atoms with van der Waals surface area (Å²) in [5, 5.41) is 3.60. The molecule has 3 rings (SSSR count). The monoisotopic (exact) mass is 421 g/mol. The van der Waals surface area contributed by atoms with E-state index in [0.29, 0.717) is 23.1 Å². The Morgan fingerprint density at radius 2 is 1.83 bits per heavy atom. The molecule has 30 heavy (non-hydrogen) atoms. The fourth-order valence-corrected chi connectivity index (χ4v) is 3.05. The predicted molar refractivity (Wildman–Crippen MR) is 122 cm³/mol. The number of hydrogen-bond acceptors (Lipinski definition) is 3. The molecule has 0 saturated heterocycles. The Kier molecular flexibility index (Phi) is 7.15. The van der Waals surface area contributed by atoms with Crippen molar-refractivity contribution in [3.63, 3.8) is 0 Å². The van der Waals surface area contributed by atoms with Crippen LogP contribution in [-0.2, 0) is 11.4 Å². The number of para-hydroxylation sites is 1. The molecule has 3 aromatic rings. The van der Waals surface area contributed by atoms with Gasteiger partial charge in [-0.1, -0.05) is 48.0 Å². The first kappa shape index (κ1) is 21.5. The average Bonchev–Trinajstić information content (AvgIpc) is 2.74. The Balaban J connectivity index is 1.76. The van der Waals surface area contributed by atoms with Crippen molar-refractivity contribution < 1.29 is 14.3 Å². The van der Waals surface area contributed by atoms with Gasteiger partial charge in [0.05, 0.1) is 7.11 Å². The largest absolute Gasteiger partial charge is 0.493 e. The van der Waals surface area contributed by atoms with Gasteiger partial charge in [-0.05, 0) is 60.9 Å². The Morgan fingerprint density at radius 3 is 2.57 bits per heavy atom. The first-order chi connectivity index (χ1) is 14.5. The van der Waals surface area contributed by atoms with E-state index in [9.17, 15) is 4.79 Å². The topological polar surface area (TPSA) is 47.6 Å². The molecule has 4 nitrogen and oxygen atoms in total. The van der Waals surface area contributed by atoms with E-state index >= 15 is 0 Å². The van der Waals surface area contributed by atoms with Crippen LogP contribution in [0, 0.1) is 13.8 Å². The van der Waals surface area contributed by atoms with Crippen LogP contribution in [0.25, 0.3) is 6.08 Å². The van der Waals surface area contributed by atoms with Crippen LogP contribution in [0.3, 0.4) is 0 Å². The van der Waals surface area contributed by atoms with Crippen molar-refractivity contribution in [2.24, 2.45) is 0 Å². The van der Waals surface area contributed by atoms with Crippen molar-refractivity contribution >= 4 is 29.3 Å². The van der Waals surface area contributed by atoms with Gasteiger partial charge in [0.25, 0.3) is 0 Å². The highest BCUT2D eigenvalue weighted by Crippen LogP contribution is 2.33. The number of aryl methyl sites for hydroxylation is 2. The van der Waals surface area contributed by atoms with E-state index in [2.05, 4.69) is 5.32 Å². The lowest BCUT2D eigenvalue weighted by Gasteiger charge is -2.13. The summed E-state index contributed by atoms with van der Waals surface area (Å²) in [6.45, 7) is 4.31. The molecule has 0 heterocycles. The zero-order valence-electron chi connectivity index (χ0n) is 17.2. The summed E-state index contributed by atoms with van der Waals surface area (Å²) < 4.78 is 11.5. The number of nitrogens with one attached hydrogen (secondary N) is 1. The molecular formula is C25H24ClNO3. The number of halogens is 1.